The molecule has 2 aliphatic heterocycles. The van der Waals surface area contributed by atoms with E-state index in [9.17, 15) is 0 Å². The number of benzene rings is 4. The molecule has 202 valence electrons. The molecule has 2 aliphatic rings. The van der Waals surface area contributed by atoms with Gasteiger partial charge in [0, 0.05) is 24.5 Å². The first-order chi connectivity index (χ1) is 19.5. The molecule has 0 amide bonds. The maximum Gasteiger partial charge on any atom is 0.172 e. The van der Waals surface area contributed by atoms with Crippen molar-refractivity contribution in [2.75, 3.05) is 22.9 Å². The van der Waals surface area contributed by atoms with E-state index in [0.29, 0.717) is 11.8 Å². The van der Waals surface area contributed by atoms with Gasteiger partial charge in [0.15, 0.2) is 11.7 Å². The predicted molar refractivity (Wildman–Crippen MR) is 171 cm³/mol. The van der Waals surface area contributed by atoms with Crippen LogP contribution in [0.4, 0.5) is 11.4 Å². The van der Waals surface area contributed by atoms with Crippen molar-refractivity contribution in [3.8, 4) is 22.3 Å². The van der Waals surface area contributed by atoms with E-state index in [1.165, 1.54) is 22.3 Å². The summed E-state index contributed by atoms with van der Waals surface area (Å²) in [4.78, 5) is 15.4. The second-order valence-corrected chi connectivity index (χ2v) is 11.6. The van der Waals surface area contributed by atoms with Crippen molar-refractivity contribution >= 4 is 23.0 Å². The van der Waals surface area contributed by atoms with E-state index in [1.54, 1.807) is 0 Å². The van der Waals surface area contributed by atoms with Crippen LogP contribution in [0, 0.1) is 11.8 Å². The summed E-state index contributed by atoms with van der Waals surface area (Å²) < 4.78 is 0. The zero-order valence-corrected chi connectivity index (χ0v) is 23.9. The van der Waals surface area contributed by atoms with Crippen LogP contribution in [0.25, 0.3) is 22.3 Å². The highest BCUT2D eigenvalue weighted by molar-refractivity contribution is 6.50. The summed E-state index contributed by atoms with van der Waals surface area (Å²) in [7, 11) is 0. The normalized spacial score (nSPS) is 18.9. The van der Waals surface area contributed by atoms with E-state index in [2.05, 4.69) is 147 Å². The van der Waals surface area contributed by atoms with Gasteiger partial charge in [-0.15, -0.1) is 0 Å². The molecule has 4 heteroatoms. The summed E-state index contributed by atoms with van der Waals surface area (Å²) in [6.07, 6.45) is 0. The van der Waals surface area contributed by atoms with Crippen molar-refractivity contribution in [3.05, 3.63) is 109 Å². The summed E-state index contributed by atoms with van der Waals surface area (Å²) in [5.41, 5.74) is 7.23. The molecule has 0 spiro atoms. The highest BCUT2D eigenvalue weighted by atomic mass is 15.4. The van der Waals surface area contributed by atoms with E-state index < -0.39 is 0 Å². The number of aliphatic imine (C=N–C) groups is 2. The lowest BCUT2D eigenvalue weighted by Crippen LogP contribution is -2.42. The Morgan fingerprint density at radius 3 is 1.12 bits per heavy atom. The fourth-order valence-corrected chi connectivity index (χ4v) is 5.54. The van der Waals surface area contributed by atoms with Crippen LogP contribution in [-0.2, 0) is 0 Å². The van der Waals surface area contributed by atoms with Gasteiger partial charge in [-0.25, -0.2) is 0 Å². The highest BCUT2D eigenvalue weighted by Crippen LogP contribution is 2.32. The summed E-state index contributed by atoms with van der Waals surface area (Å²) in [6.45, 7) is 10.8. The SMILES string of the molecule is CC(C)[C@@H]1CN(c2ccc(-c3ccccc3)cc2)C(C2=N[C@@H](C(C)C)CN2c2ccc(-c3ccccc3)cc2)=N1. The lowest BCUT2D eigenvalue weighted by Gasteiger charge is -2.27. The van der Waals surface area contributed by atoms with E-state index in [-0.39, 0.29) is 12.1 Å². The summed E-state index contributed by atoms with van der Waals surface area (Å²) in [6, 6.07) is 39.4. The van der Waals surface area contributed by atoms with Crippen LogP contribution in [0.3, 0.4) is 0 Å². The third-order valence-corrected chi connectivity index (χ3v) is 8.14. The second-order valence-electron chi connectivity index (χ2n) is 11.6. The number of amidine groups is 2. The van der Waals surface area contributed by atoms with Crippen LogP contribution >= 0.6 is 0 Å². The van der Waals surface area contributed by atoms with Crippen LogP contribution in [0.2, 0.25) is 0 Å². The Labute approximate surface area is 238 Å². The van der Waals surface area contributed by atoms with E-state index >= 15 is 0 Å². The Kier molecular flexibility index (Phi) is 7.25. The fraction of sp³-hybridized carbons (Fsp3) is 0.278. The van der Waals surface area contributed by atoms with Crippen LogP contribution in [0.1, 0.15) is 27.7 Å². The van der Waals surface area contributed by atoms with Gasteiger partial charge in [-0.1, -0.05) is 113 Å². The zero-order valence-electron chi connectivity index (χ0n) is 23.9. The lowest BCUT2D eigenvalue weighted by molar-refractivity contribution is 0.521. The molecule has 0 radical (unpaired) electrons. The molecule has 2 heterocycles. The number of rotatable bonds is 7. The molecule has 4 aromatic carbocycles. The molecule has 0 fully saturated rings. The molecule has 0 N–H and O–H groups in total. The van der Waals surface area contributed by atoms with Gasteiger partial charge in [0.05, 0.1) is 12.1 Å². The highest BCUT2D eigenvalue weighted by Gasteiger charge is 2.38. The Morgan fingerprint density at radius 1 is 0.475 bits per heavy atom. The third kappa shape index (κ3) is 5.19. The molecule has 0 aliphatic carbocycles. The van der Waals surface area contributed by atoms with E-state index in [1.807, 2.05) is 0 Å². The lowest BCUT2D eigenvalue weighted by atomic mass is 10.0. The van der Waals surface area contributed by atoms with Gasteiger partial charge >= 0.3 is 0 Å². The smallest absolute Gasteiger partial charge is 0.172 e. The molecular weight excluding hydrogens is 488 g/mol. The van der Waals surface area contributed by atoms with Crippen LogP contribution < -0.4 is 9.80 Å². The number of nitrogens with zero attached hydrogens (tertiary/aromatic N) is 4. The maximum atomic E-state index is 5.31. The van der Waals surface area contributed by atoms with E-state index in [0.717, 1.165) is 36.1 Å². The van der Waals surface area contributed by atoms with Crippen molar-refractivity contribution < 1.29 is 0 Å². The first-order valence-corrected chi connectivity index (χ1v) is 14.5. The van der Waals surface area contributed by atoms with Gasteiger partial charge in [0.1, 0.15) is 0 Å². The van der Waals surface area contributed by atoms with Gasteiger partial charge in [-0.2, -0.15) is 0 Å². The number of anilines is 2. The summed E-state index contributed by atoms with van der Waals surface area (Å²) in [5.74, 6) is 2.87. The molecule has 2 atom stereocenters. The first-order valence-electron chi connectivity index (χ1n) is 14.5. The van der Waals surface area contributed by atoms with Gasteiger partial charge in [0.25, 0.3) is 0 Å². The molecule has 0 saturated carbocycles. The molecule has 6 rings (SSSR count). The minimum absolute atomic E-state index is 0.229. The predicted octanol–water partition coefficient (Wildman–Crippen LogP) is 8.21. The third-order valence-electron chi connectivity index (χ3n) is 8.14. The van der Waals surface area contributed by atoms with Gasteiger partial charge in [-0.05, 0) is 58.4 Å². The van der Waals surface area contributed by atoms with Crippen molar-refractivity contribution in [2.24, 2.45) is 21.8 Å². The largest absolute Gasteiger partial charge is 0.321 e. The van der Waals surface area contributed by atoms with Crippen molar-refractivity contribution in [3.63, 3.8) is 0 Å². The van der Waals surface area contributed by atoms with Crippen molar-refractivity contribution in [2.45, 2.75) is 39.8 Å². The maximum absolute atomic E-state index is 5.31. The summed E-state index contributed by atoms with van der Waals surface area (Å²) in [5, 5.41) is 0. The monoisotopic (exact) mass is 526 g/mol. The average Bonchev–Trinajstić information content (AvgIpc) is 3.64. The van der Waals surface area contributed by atoms with Crippen LogP contribution in [-0.4, -0.2) is 36.8 Å². The van der Waals surface area contributed by atoms with E-state index in [4.69, 9.17) is 9.98 Å². The van der Waals surface area contributed by atoms with Crippen molar-refractivity contribution in [1.82, 2.24) is 0 Å². The first kappa shape index (κ1) is 26.1. The van der Waals surface area contributed by atoms with Gasteiger partial charge in [0.2, 0.25) is 0 Å². The Balaban J connectivity index is 1.34. The number of hydrogen-bond acceptors (Lipinski definition) is 4. The van der Waals surface area contributed by atoms with Crippen LogP contribution in [0.15, 0.2) is 119 Å². The Hall–Kier alpha value is -4.18. The molecule has 4 aromatic rings. The zero-order chi connectivity index (χ0) is 27.6. The minimum atomic E-state index is 0.229. The molecule has 0 bridgehead atoms. The quantitative estimate of drug-likeness (QED) is 0.243. The van der Waals surface area contributed by atoms with Gasteiger partial charge in [-0.3, -0.25) is 9.98 Å². The average molecular weight is 527 g/mol. The second kappa shape index (κ2) is 11.1. The molecule has 4 nitrogen and oxygen atoms in total. The molecular formula is C36H38N4. The molecule has 0 saturated heterocycles. The standard InChI is InChI=1S/C36H38N4/c1-25(2)33-23-39(31-19-15-29(16-20-31)27-11-7-5-8-12-27)35(37-33)36-38-34(26(3)4)24-40(36)32-21-17-30(18-22-32)28-13-9-6-10-14-28/h5-22,25-26,33-34H,23-24H2,1-4H3/t33-,34+. The Bertz CT molecular complexity index is 1370. The van der Waals surface area contributed by atoms with Crippen LogP contribution in [0.5, 0.6) is 0 Å². The van der Waals surface area contributed by atoms with Gasteiger partial charge < -0.3 is 9.80 Å². The topological polar surface area (TPSA) is 31.2 Å². The number of hydrogen-bond donors (Lipinski definition) is 0. The fourth-order valence-electron chi connectivity index (χ4n) is 5.54. The molecule has 40 heavy (non-hydrogen) atoms. The Morgan fingerprint density at radius 2 is 0.800 bits per heavy atom. The minimum Gasteiger partial charge on any atom is -0.321 e. The van der Waals surface area contributed by atoms with Crippen molar-refractivity contribution in [1.29, 1.82) is 0 Å². The molecule has 0 unspecified atom stereocenters. The molecule has 0 aromatic heterocycles. The summed E-state index contributed by atoms with van der Waals surface area (Å²) >= 11 is 0.